The lowest BCUT2D eigenvalue weighted by molar-refractivity contribution is -0.125. The zero-order chi connectivity index (χ0) is 15.2. The lowest BCUT2D eigenvalue weighted by Crippen LogP contribution is -2.36. The molecule has 5 nitrogen and oxygen atoms in total. The highest BCUT2D eigenvalue weighted by Gasteiger charge is 2.23. The zero-order valence-corrected chi connectivity index (χ0v) is 12.8. The Kier molecular flexibility index (Phi) is 5.95. The summed E-state index contributed by atoms with van der Waals surface area (Å²) >= 11 is 0. The summed E-state index contributed by atoms with van der Waals surface area (Å²) in [6.45, 7) is 7.14. The molecule has 0 saturated carbocycles. The van der Waals surface area contributed by atoms with Crippen LogP contribution in [0.25, 0.3) is 0 Å². The largest absolute Gasteiger partial charge is 0.481 e. The highest BCUT2D eigenvalue weighted by Crippen LogP contribution is 2.24. The van der Waals surface area contributed by atoms with Crippen LogP contribution in [0, 0.1) is 11.3 Å². The molecule has 1 aromatic rings. The molecule has 5 heteroatoms. The van der Waals surface area contributed by atoms with E-state index in [1.54, 1.807) is 13.3 Å². The number of carbonyl (C=O) groups excluding carboxylic acids is 1. The van der Waals surface area contributed by atoms with Gasteiger partial charge in [0.2, 0.25) is 11.8 Å². The van der Waals surface area contributed by atoms with Crippen LogP contribution in [0.4, 0.5) is 0 Å². The Balaban J connectivity index is 2.56. The Labute approximate surface area is 120 Å². The second-order valence-corrected chi connectivity index (χ2v) is 6.12. The van der Waals surface area contributed by atoms with Crippen LogP contribution in [0.1, 0.15) is 32.8 Å². The number of hydrogen-bond donors (Lipinski definition) is 2. The number of nitrogens with one attached hydrogen (secondary N) is 1. The maximum atomic E-state index is 12.1. The van der Waals surface area contributed by atoms with Gasteiger partial charge in [0.05, 0.1) is 13.0 Å². The van der Waals surface area contributed by atoms with Crippen molar-refractivity contribution in [3.63, 3.8) is 0 Å². The van der Waals surface area contributed by atoms with Crippen LogP contribution in [0.5, 0.6) is 5.88 Å². The van der Waals surface area contributed by atoms with Crippen LogP contribution in [0.3, 0.4) is 0 Å². The van der Waals surface area contributed by atoms with E-state index in [9.17, 15) is 4.79 Å². The predicted molar refractivity (Wildman–Crippen MR) is 79.3 cm³/mol. The van der Waals surface area contributed by atoms with E-state index >= 15 is 0 Å². The quantitative estimate of drug-likeness (QED) is 0.831. The number of pyridine rings is 1. The number of nitrogens with two attached hydrogens (primary N) is 1. The van der Waals surface area contributed by atoms with Gasteiger partial charge < -0.3 is 15.8 Å². The van der Waals surface area contributed by atoms with Gasteiger partial charge in [-0.05, 0) is 23.5 Å². The van der Waals surface area contributed by atoms with Crippen LogP contribution < -0.4 is 15.8 Å². The fourth-order valence-corrected chi connectivity index (χ4v) is 2.03. The maximum absolute atomic E-state index is 12.1. The number of aromatic nitrogens is 1. The number of hydrogen-bond acceptors (Lipinski definition) is 4. The summed E-state index contributed by atoms with van der Waals surface area (Å²) in [6, 6.07) is 3.66. The van der Waals surface area contributed by atoms with E-state index in [4.69, 9.17) is 10.5 Å². The predicted octanol–water partition coefficient (Wildman–Crippen LogP) is 1.72. The first-order valence-corrected chi connectivity index (χ1v) is 6.82. The second-order valence-electron chi connectivity index (χ2n) is 6.12. The van der Waals surface area contributed by atoms with Gasteiger partial charge in [0, 0.05) is 25.4 Å². The van der Waals surface area contributed by atoms with E-state index in [-0.39, 0.29) is 17.2 Å². The molecule has 1 rings (SSSR count). The van der Waals surface area contributed by atoms with Crippen molar-refractivity contribution in [3.05, 3.63) is 23.9 Å². The number of ether oxygens (including phenoxy) is 1. The molecule has 1 atom stereocenters. The molecule has 1 heterocycles. The van der Waals surface area contributed by atoms with Crippen LogP contribution in [-0.4, -0.2) is 24.5 Å². The topological polar surface area (TPSA) is 77.2 Å². The van der Waals surface area contributed by atoms with Crippen molar-refractivity contribution in [3.8, 4) is 5.88 Å². The van der Waals surface area contributed by atoms with Gasteiger partial charge in [0.15, 0.2) is 0 Å². The highest BCUT2D eigenvalue weighted by molar-refractivity contribution is 5.78. The van der Waals surface area contributed by atoms with Crippen LogP contribution in [0.2, 0.25) is 0 Å². The van der Waals surface area contributed by atoms with Gasteiger partial charge in [-0.15, -0.1) is 0 Å². The van der Waals surface area contributed by atoms with Gasteiger partial charge in [0.1, 0.15) is 0 Å². The van der Waals surface area contributed by atoms with Crippen LogP contribution in [0.15, 0.2) is 18.3 Å². The molecule has 0 aliphatic carbocycles. The average Bonchev–Trinajstić information content (AvgIpc) is 2.41. The van der Waals surface area contributed by atoms with Crippen LogP contribution in [-0.2, 0) is 11.3 Å². The highest BCUT2D eigenvalue weighted by atomic mass is 16.5. The minimum absolute atomic E-state index is 0.00166. The van der Waals surface area contributed by atoms with Gasteiger partial charge >= 0.3 is 0 Å². The number of amides is 1. The minimum atomic E-state index is -0.154. The van der Waals surface area contributed by atoms with Crippen molar-refractivity contribution in [2.24, 2.45) is 17.1 Å². The summed E-state index contributed by atoms with van der Waals surface area (Å²) < 4.78 is 5.05. The molecule has 0 aliphatic heterocycles. The average molecular weight is 279 g/mol. The Bertz CT molecular complexity index is 441. The summed E-state index contributed by atoms with van der Waals surface area (Å²) in [4.78, 5) is 16.2. The lowest BCUT2D eigenvalue weighted by atomic mass is 9.84. The fourth-order valence-electron chi connectivity index (χ4n) is 2.03. The number of methoxy groups -OCH3 is 1. The lowest BCUT2D eigenvalue weighted by Gasteiger charge is -2.24. The maximum Gasteiger partial charge on any atom is 0.224 e. The molecule has 1 unspecified atom stereocenters. The molecule has 0 radical (unpaired) electrons. The number of nitrogens with zero attached hydrogens (tertiary/aromatic N) is 1. The molecule has 0 bridgehead atoms. The van der Waals surface area contributed by atoms with Gasteiger partial charge in [-0.25, -0.2) is 4.98 Å². The standard InChI is InChI=1S/C15H25N3O2/c1-15(2,3)8-12(9-16)14(19)18-10-11-5-6-17-13(7-11)20-4/h5-7,12H,8-10,16H2,1-4H3,(H,18,19). The van der Waals surface area contributed by atoms with Crippen molar-refractivity contribution in [2.45, 2.75) is 33.7 Å². The third-order valence-corrected chi connectivity index (χ3v) is 2.99. The van der Waals surface area contributed by atoms with E-state index in [0.717, 1.165) is 12.0 Å². The molecule has 0 saturated heterocycles. The van der Waals surface area contributed by atoms with E-state index < -0.39 is 0 Å². The molecule has 1 aromatic heterocycles. The summed E-state index contributed by atoms with van der Waals surface area (Å²) in [5, 5.41) is 2.92. The molecule has 0 aromatic carbocycles. The number of carbonyl (C=O) groups is 1. The molecule has 20 heavy (non-hydrogen) atoms. The molecule has 3 N–H and O–H groups in total. The second kappa shape index (κ2) is 7.24. The first-order chi connectivity index (χ1) is 9.35. The van der Waals surface area contributed by atoms with E-state index in [1.807, 2.05) is 12.1 Å². The monoisotopic (exact) mass is 279 g/mol. The van der Waals surface area contributed by atoms with Crippen molar-refractivity contribution < 1.29 is 9.53 Å². The summed E-state index contributed by atoms with van der Waals surface area (Å²) in [5.74, 6) is 0.388. The van der Waals surface area contributed by atoms with Crippen molar-refractivity contribution >= 4 is 5.91 Å². The Morgan fingerprint density at radius 1 is 1.50 bits per heavy atom. The number of rotatable bonds is 6. The van der Waals surface area contributed by atoms with E-state index in [0.29, 0.717) is 19.0 Å². The first-order valence-electron chi connectivity index (χ1n) is 6.82. The molecule has 112 valence electrons. The summed E-state index contributed by atoms with van der Waals surface area (Å²) in [7, 11) is 1.57. The third kappa shape index (κ3) is 5.57. The van der Waals surface area contributed by atoms with Crippen molar-refractivity contribution in [2.75, 3.05) is 13.7 Å². The molecule has 0 aliphatic rings. The molecule has 0 spiro atoms. The van der Waals surface area contributed by atoms with E-state index in [1.165, 1.54) is 0 Å². The Morgan fingerprint density at radius 3 is 2.75 bits per heavy atom. The smallest absolute Gasteiger partial charge is 0.224 e. The van der Waals surface area contributed by atoms with Gasteiger partial charge in [-0.1, -0.05) is 20.8 Å². The molecular formula is C15H25N3O2. The summed E-state index contributed by atoms with van der Waals surface area (Å²) in [6.07, 6.45) is 2.44. The van der Waals surface area contributed by atoms with Crippen molar-refractivity contribution in [1.29, 1.82) is 0 Å². The van der Waals surface area contributed by atoms with Crippen LogP contribution >= 0.6 is 0 Å². The fraction of sp³-hybridized carbons (Fsp3) is 0.600. The molecular weight excluding hydrogens is 254 g/mol. The third-order valence-electron chi connectivity index (χ3n) is 2.99. The SMILES string of the molecule is COc1cc(CNC(=O)C(CN)CC(C)(C)C)ccn1. The minimum Gasteiger partial charge on any atom is -0.481 e. The normalized spacial score (nSPS) is 12.8. The van der Waals surface area contributed by atoms with Gasteiger partial charge in [-0.3, -0.25) is 4.79 Å². The van der Waals surface area contributed by atoms with Gasteiger partial charge in [0.25, 0.3) is 0 Å². The summed E-state index contributed by atoms with van der Waals surface area (Å²) in [5.41, 5.74) is 6.74. The van der Waals surface area contributed by atoms with E-state index in [2.05, 4.69) is 31.1 Å². The molecule has 0 fully saturated rings. The van der Waals surface area contributed by atoms with Gasteiger partial charge in [-0.2, -0.15) is 0 Å². The first kappa shape index (κ1) is 16.4. The Morgan fingerprint density at radius 2 is 2.20 bits per heavy atom. The zero-order valence-electron chi connectivity index (χ0n) is 12.8. The Hall–Kier alpha value is -1.62. The molecule has 1 amide bonds. The van der Waals surface area contributed by atoms with Crippen molar-refractivity contribution in [1.82, 2.24) is 10.3 Å².